The van der Waals surface area contributed by atoms with Crippen LogP contribution in [0, 0.1) is 13.8 Å². The third kappa shape index (κ3) is 2.31. The fourth-order valence-electron chi connectivity index (χ4n) is 2.17. The lowest BCUT2D eigenvalue weighted by Gasteiger charge is -2.12. The van der Waals surface area contributed by atoms with Gasteiger partial charge in [0.2, 0.25) is 0 Å². The first-order valence-electron chi connectivity index (χ1n) is 6.30. The van der Waals surface area contributed by atoms with Crippen LogP contribution < -0.4 is 0 Å². The highest BCUT2D eigenvalue weighted by atomic mass is 16.3. The quantitative estimate of drug-likeness (QED) is 0.901. The van der Waals surface area contributed by atoms with Crippen molar-refractivity contribution in [1.29, 1.82) is 0 Å². The van der Waals surface area contributed by atoms with Crippen molar-refractivity contribution >= 4 is 0 Å². The molecule has 0 saturated carbocycles. The second-order valence-corrected chi connectivity index (χ2v) is 4.80. The molecule has 0 aliphatic rings. The van der Waals surface area contributed by atoms with E-state index in [0.29, 0.717) is 0 Å². The number of hydrogen-bond acceptors (Lipinski definition) is 2. The number of aliphatic hydroxyl groups is 1. The lowest BCUT2D eigenvalue weighted by molar-refractivity contribution is 0.219. The van der Waals surface area contributed by atoms with Crippen LogP contribution in [-0.2, 0) is 13.5 Å². The second-order valence-electron chi connectivity index (χ2n) is 4.80. The predicted molar refractivity (Wildman–Crippen MR) is 72.6 cm³/mol. The fraction of sp³-hybridized carbons (Fsp3) is 0.400. The highest BCUT2D eigenvalue weighted by Gasteiger charge is 2.17. The Morgan fingerprint density at radius 2 is 2.00 bits per heavy atom. The zero-order chi connectivity index (χ0) is 13.3. The standard InChI is InChI=1S/C15H20N2O/c1-5-14-13(9-17(4)16-14)15(18)12-7-6-10(2)11(3)8-12/h6-9,15,18H,5H2,1-4H3. The van der Waals surface area contributed by atoms with E-state index in [1.807, 2.05) is 25.4 Å². The third-order valence-corrected chi connectivity index (χ3v) is 3.41. The lowest BCUT2D eigenvalue weighted by atomic mass is 9.98. The molecular formula is C15H20N2O. The van der Waals surface area contributed by atoms with E-state index in [1.165, 1.54) is 11.1 Å². The summed E-state index contributed by atoms with van der Waals surface area (Å²) >= 11 is 0. The van der Waals surface area contributed by atoms with E-state index in [9.17, 15) is 5.11 Å². The molecule has 1 aromatic heterocycles. The Balaban J connectivity index is 2.40. The predicted octanol–water partition coefficient (Wildman–Crippen LogP) is 2.68. The minimum absolute atomic E-state index is 0.590. The molecule has 3 heteroatoms. The number of benzene rings is 1. The summed E-state index contributed by atoms with van der Waals surface area (Å²) < 4.78 is 1.76. The van der Waals surface area contributed by atoms with Gasteiger partial charge in [0.25, 0.3) is 0 Å². The number of aryl methyl sites for hydroxylation is 4. The molecule has 2 aromatic rings. The van der Waals surface area contributed by atoms with Crippen LogP contribution >= 0.6 is 0 Å². The first-order chi connectivity index (χ1) is 8.52. The van der Waals surface area contributed by atoms with E-state index in [4.69, 9.17) is 0 Å². The summed E-state index contributed by atoms with van der Waals surface area (Å²) in [5, 5.41) is 14.9. The van der Waals surface area contributed by atoms with E-state index in [2.05, 4.69) is 31.9 Å². The van der Waals surface area contributed by atoms with Crippen LogP contribution in [0.3, 0.4) is 0 Å². The van der Waals surface area contributed by atoms with Gasteiger partial charge >= 0.3 is 0 Å². The van der Waals surface area contributed by atoms with Gasteiger partial charge in [-0.3, -0.25) is 4.68 Å². The van der Waals surface area contributed by atoms with Crippen molar-refractivity contribution in [1.82, 2.24) is 9.78 Å². The Morgan fingerprint density at radius 3 is 2.61 bits per heavy atom. The van der Waals surface area contributed by atoms with Crippen molar-refractivity contribution in [2.24, 2.45) is 7.05 Å². The average molecular weight is 244 g/mol. The number of aliphatic hydroxyl groups excluding tert-OH is 1. The molecule has 1 atom stereocenters. The van der Waals surface area contributed by atoms with Crippen LogP contribution in [0.2, 0.25) is 0 Å². The molecular weight excluding hydrogens is 224 g/mol. The Hall–Kier alpha value is -1.61. The van der Waals surface area contributed by atoms with Gasteiger partial charge in [0, 0.05) is 18.8 Å². The molecule has 96 valence electrons. The number of rotatable bonds is 3. The van der Waals surface area contributed by atoms with Crippen molar-refractivity contribution in [2.75, 3.05) is 0 Å². The van der Waals surface area contributed by atoms with Crippen LogP contribution in [0.25, 0.3) is 0 Å². The molecule has 0 radical (unpaired) electrons. The van der Waals surface area contributed by atoms with Gasteiger partial charge in [-0.1, -0.05) is 25.1 Å². The molecule has 0 saturated heterocycles. The summed E-state index contributed by atoms with van der Waals surface area (Å²) in [6.45, 7) is 6.20. The van der Waals surface area contributed by atoms with Crippen molar-refractivity contribution in [3.05, 3.63) is 52.3 Å². The van der Waals surface area contributed by atoms with Crippen molar-refractivity contribution in [3.8, 4) is 0 Å². The molecule has 1 N–H and O–H groups in total. The smallest absolute Gasteiger partial charge is 0.107 e. The Kier molecular flexibility index (Phi) is 3.53. The molecule has 18 heavy (non-hydrogen) atoms. The number of hydrogen-bond donors (Lipinski definition) is 1. The van der Waals surface area contributed by atoms with Gasteiger partial charge in [0.1, 0.15) is 6.10 Å². The lowest BCUT2D eigenvalue weighted by Crippen LogP contribution is -2.02. The summed E-state index contributed by atoms with van der Waals surface area (Å²) in [6, 6.07) is 6.09. The van der Waals surface area contributed by atoms with Gasteiger partial charge in [-0.2, -0.15) is 5.10 Å². The Morgan fingerprint density at radius 1 is 1.28 bits per heavy atom. The molecule has 0 amide bonds. The van der Waals surface area contributed by atoms with E-state index < -0.39 is 6.10 Å². The summed E-state index contributed by atoms with van der Waals surface area (Å²) in [4.78, 5) is 0. The molecule has 1 aromatic carbocycles. The molecule has 1 unspecified atom stereocenters. The molecule has 0 spiro atoms. The van der Waals surface area contributed by atoms with E-state index in [-0.39, 0.29) is 0 Å². The monoisotopic (exact) mass is 244 g/mol. The average Bonchev–Trinajstić information content (AvgIpc) is 2.73. The fourth-order valence-corrected chi connectivity index (χ4v) is 2.17. The van der Waals surface area contributed by atoms with Crippen LogP contribution in [0.15, 0.2) is 24.4 Å². The second kappa shape index (κ2) is 4.94. The summed E-state index contributed by atoms with van der Waals surface area (Å²) in [6.07, 6.45) is 2.14. The Bertz CT molecular complexity index is 558. The normalized spacial score (nSPS) is 12.7. The summed E-state index contributed by atoms with van der Waals surface area (Å²) in [5.41, 5.74) is 5.24. The van der Waals surface area contributed by atoms with E-state index in [0.717, 1.165) is 23.2 Å². The minimum Gasteiger partial charge on any atom is -0.384 e. The van der Waals surface area contributed by atoms with E-state index >= 15 is 0 Å². The van der Waals surface area contributed by atoms with Crippen molar-refractivity contribution < 1.29 is 5.11 Å². The number of nitrogens with zero attached hydrogens (tertiary/aromatic N) is 2. The van der Waals surface area contributed by atoms with Gasteiger partial charge in [0.15, 0.2) is 0 Å². The maximum Gasteiger partial charge on any atom is 0.107 e. The van der Waals surface area contributed by atoms with Gasteiger partial charge < -0.3 is 5.11 Å². The van der Waals surface area contributed by atoms with Crippen LogP contribution in [-0.4, -0.2) is 14.9 Å². The van der Waals surface area contributed by atoms with Crippen LogP contribution in [0.5, 0.6) is 0 Å². The molecule has 2 rings (SSSR count). The first kappa shape index (κ1) is 12.8. The summed E-state index contributed by atoms with van der Waals surface area (Å²) in [5.74, 6) is 0. The van der Waals surface area contributed by atoms with Gasteiger partial charge in [-0.25, -0.2) is 0 Å². The molecule has 1 heterocycles. The van der Waals surface area contributed by atoms with Gasteiger partial charge in [-0.15, -0.1) is 0 Å². The molecule has 3 nitrogen and oxygen atoms in total. The highest BCUT2D eigenvalue weighted by molar-refractivity contribution is 5.36. The zero-order valence-electron chi connectivity index (χ0n) is 11.4. The van der Waals surface area contributed by atoms with Gasteiger partial charge in [-0.05, 0) is 37.0 Å². The highest BCUT2D eigenvalue weighted by Crippen LogP contribution is 2.26. The molecule has 0 aliphatic heterocycles. The topological polar surface area (TPSA) is 38.0 Å². The molecule has 0 aliphatic carbocycles. The maximum atomic E-state index is 10.5. The third-order valence-electron chi connectivity index (χ3n) is 3.41. The van der Waals surface area contributed by atoms with Crippen molar-refractivity contribution in [2.45, 2.75) is 33.3 Å². The van der Waals surface area contributed by atoms with Crippen molar-refractivity contribution in [3.63, 3.8) is 0 Å². The molecule has 0 fully saturated rings. The Labute approximate surface area is 108 Å². The van der Waals surface area contributed by atoms with Crippen LogP contribution in [0.1, 0.15) is 41.0 Å². The maximum absolute atomic E-state index is 10.5. The van der Waals surface area contributed by atoms with Crippen LogP contribution in [0.4, 0.5) is 0 Å². The first-order valence-corrected chi connectivity index (χ1v) is 6.30. The summed E-state index contributed by atoms with van der Waals surface area (Å²) in [7, 11) is 1.88. The SMILES string of the molecule is CCc1nn(C)cc1C(O)c1ccc(C)c(C)c1. The largest absolute Gasteiger partial charge is 0.384 e. The molecule has 0 bridgehead atoms. The minimum atomic E-state index is -0.590. The zero-order valence-corrected chi connectivity index (χ0v) is 11.4. The number of aromatic nitrogens is 2. The van der Waals surface area contributed by atoms with Gasteiger partial charge in [0.05, 0.1) is 5.69 Å². The van der Waals surface area contributed by atoms with E-state index in [1.54, 1.807) is 4.68 Å².